The number of nitrogens with one attached hydrogen (secondary N) is 1. The first-order valence-electron chi connectivity index (χ1n) is 10.8. The smallest absolute Gasteiger partial charge is 0.263 e. The van der Waals surface area contributed by atoms with Crippen molar-refractivity contribution in [2.24, 2.45) is 11.1 Å². The van der Waals surface area contributed by atoms with Crippen LogP contribution in [0.4, 0.5) is 14.5 Å². The highest BCUT2D eigenvalue weighted by atomic mass is 35.5. The van der Waals surface area contributed by atoms with Crippen LogP contribution in [0.1, 0.15) is 19.7 Å². The first-order valence-corrected chi connectivity index (χ1v) is 13.0. The zero-order valence-corrected chi connectivity index (χ0v) is 21.8. The van der Waals surface area contributed by atoms with Gasteiger partial charge < -0.3 is 5.73 Å². The Morgan fingerprint density at radius 2 is 1.84 bits per heavy atom. The van der Waals surface area contributed by atoms with Gasteiger partial charge in [-0.2, -0.15) is 0 Å². The van der Waals surface area contributed by atoms with Gasteiger partial charge in [-0.1, -0.05) is 49.2 Å². The van der Waals surface area contributed by atoms with Crippen molar-refractivity contribution < 1.29 is 22.0 Å². The third-order valence-corrected chi connectivity index (χ3v) is 7.81. The van der Waals surface area contributed by atoms with Crippen LogP contribution in [0.15, 0.2) is 59.6 Å². The summed E-state index contributed by atoms with van der Waals surface area (Å²) in [6.07, 6.45) is 1.56. The fraction of sp³-hybridized carbons (Fsp3) is 0.160. The van der Waals surface area contributed by atoms with E-state index in [0.29, 0.717) is 16.7 Å². The minimum atomic E-state index is -4.36. The number of nitrogens with two attached hydrogens (primary N) is 1. The lowest BCUT2D eigenvalue weighted by atomic mass is 9.88. The van der Waals surface area contributed by atoms with Gasteiger partial charge in [0.2, 0.25) is 5.91 Å². The molecule has 0 bridgehead atoms. The van der Waals surface area contributed by atoms with Crippen molar-refractivity contribution in [1.82, 2.24) is 9.97 Å². The topological polar surface area (TPSA) is 115 Å². The molecule has 0 aliphatic heterocycles. The fourth-order valence-corrected chi connectivity index (χ4v) is 5.46. The van der Waals surface area contributed by atoms with Gasteiger partial charge in [-0.25, -0.2) is 27.2 Å². The van der Waals surface area contributed by atoms with Crippen molar-refractivity contribution in [2.75, 3.05) is 4.72 Å². The van der Waals surface area contributed by atoms with Crippen LogP contribution >= 0.6 is 23.2 Å². The molecule has 192 valence electrons. The summed E-state index contributed by atoms with van der Waals surface area (Å²) in [4.78, 5) is 20.0. The molecule has 3 N–H and O–H groups in total. The Morgan fingerprint density at radius 3 is 2.54 bits per heavy atom. The van der Waals surface area contributed by atoms with Gasteiger partial charge in [0.15, 0.2) is 5.82 Å². The zero-order chi connectivity index (χ0) is 27.1. The van der Waals surface area contributed by atoms with Crippen molar-refractivity contribution >= 4 is 55.7 Å². The Morgan fingerprint density at radius 1 is 1.11 bits per heavy atom. The number of sulfonamides is 1. The summed E-state index contributed by atoms with van der Waals surface area (Å²) in [5.74, 6) is -2.26. The fourth-order valence-electron chi connectivity index (χ4n) is 3.64. The number of primary amides is 1. The van der Waals surface area contributed by atoms with Crippen LogP contribution in [0.5, 0.6) is 0 Å². The molecular weight excluding hydrogens is 545 g/mol. The minimum Gasteiger partial charge on any atom is -0.369 e. The van der Waals surface area contributed by atoms with E-state index < -0.39 is 44.2 Å². The molecule has 7 nitrogen and oxygen atoms in total. The number of nitrogens with zero attached hydrogens (tertiary/aromatic N) is 2. The molecule has 0 saturated carbocycles. The highest BCUT2D eigenvalue weighted by molar-refractivity contribution is 7.92. The molecule has 1 aromatic heterocycles. The van der Waals surface area contributed by atoms with Crippen LogP contribution in [0.2, 0.25) is 10.0 Å². The van der Waals surface area contributed by atoms with Gasteiger partial charge in [0.05, 0.1) is 27.2 Å². The van der Waals surface area contributed by atoms with E-state index in [1.807, 2.05) is 0 Å². The molecule has 3 aromatic carbocycles. The number of halogens is 4. The molecule has 0 radical (unpaired) electrons. The Labute approximate surface area is 221 Å². The highest BCUT2D eigenvalue weighted by Gasteiger charge is 2.27. The van der Waals surface area contributed by atoms with Gasteiger partial charge in [0.1, 0.15) is 16.5 Å². The number of hydrogen-bond acceptors (Lipinski definition) is 5. The average molecular weight is 565 g/mol. The minimum absolute atomic E-state index is 0.107. The van der Waals surface area contributed by atoms with E-state index in [1.54, 1.807) is 26.0 Å². The summed E-state index contributed by atoms with van der Waals surface area (Å²) in [7, 11) is -4.36. The molecule has 4 rings (SSSR count). The van der Waals surface area contributed by atoms with Crippen molar-refractivity contribution in [3.05, 3.63) is 82.2 Å². The van der Waals surface area contributed by atoms with Crippen LogP contribution in [-0.2, 0) is 21.2 Å². The molecule has 0 atom stereocenters. The van der Waals surface area contributed by atoms with Crippen LogP contribution in [0.25, 0.3) is 22.0 Å². The van der Waals surface area contributed by atoms with Crippen LogP contribution < -0.4 is 10.5 Å². The Bertz CT molecular complexity index is 1660. The number of aromatic nitrogens is 2. The molecule has 0 unspecified atom stereocenters. The number of anilines is 1. The monoisotopic (exact) mass is 564 g/mol. The van der Waals surface area contributed by atoms with Gasteiger partial charge in [0.25, 0.3) is 10.0 Å². The molecule has 1 amide bonds. The third-order valence-electron chi connectivity index (χ3n) is 5.73. The van der Waals surface area contributed by atoms with Crippen LogP contribution in [-0.4, -0.2) is 24.3 Å². The lowest BCUT2D eigenvalue weighted by Crippen LogP contribution is -2.33. The standard InChI is InChI=1S/C25H20Cl2F2N4O3S/c1-25(2,24(30)34)11-21-31-12-15-14(4-3-5-18(15)32-21)22-17(28)8-9-19(23(22)29)33-37(35,36)20-10-13(26)6-7-16(20)27/h3-10,12,33H,11H2,1-2H3,(H2,30,34). The number of fused-ring (bicyclic) bond motifs is 1. The third kappa shape index (κ3) is 5.36. The van der Waals surface area contributed by atoms with E-state index in [9.17, 15) is 17.6 Å². The Kier molecular flexibility index (Phi) is 7.11. The zero-order valence-electron chi connectivity index (χ0n) is 19.5. The first kappa shape index (κ1) is 26.7. The van der Waals surface area contributed by atoms with E-state index in [1.165, 1.54) is 24.4 Å². The molecule has 0 fully saturated rings. The van der Waals surface area contributed by atoms with E-state index in [-0.39, 0.29) is 26.9 Å². The number of carbonyl (C=O) groups is 1. The van der Waals surface area contributed by atoms with Gasteiger partial charge in [0, 0.05) is 23.0 Å². The van der Waals surface area contributed by atoms with E-state index in [2.05, 4.69) is 14.7 Å². The highest BCUT2D eigenvalue weighted by Crippen LogP contribution is 2.36. The molecule has 37 heavy (non-hydrogen) atoms. The predicted molar refractivity (Wildman–Crippen MR) is 139 cm³/mol. The van der Waals surface area contributed by atoms with E-state index in [0.717, 1.165) is 18.2 Å². The maximum absolute atomic E-state index is 15.6. The van der Waals surface area contributed by atoms with E-state index >= 15 is 4.39 Å². The maximum Gasteiger partial charge on any atom is 0.263 e. The van der Waals surface area contributed by atoms with Crippen molar-refractivity contribution in [3.8, 4) is 11.1 Å². The van der Waals surface area contributed by atoms with Crippen molar-refractivity contribution in [3.63, 3.8) is 0 Å². The van der Waals surface area contributed by atoms with Gasteiger partial charge in [-0.3, -0.25) is 9.52 Å². The van der Waals surface area contributed by atoms with Gasteiger partial charge in [-0.15, -0.1) is 0 Å². The molecule has 0 spiro atoms. The molecule has 0 aliphatic rings. The van der Waals surface area contributed by atoms with Gasteiger partial charge in [-0.05, 0) is 42.0 Å². The Hall–Kier alpha value is -3.34. The van der Waals surface area contributed by atoms with E-state index in [4.69, 9.17) is 28.9 Å². The summed E-state index contributed by atoms with van der Waals surface area (Å²) < 4.78 is 58.5. The predicted octanol–water partition coefficient (Wildman–Crippen LogP) is 5.74. The summed E-state index contributed by atoms with van der Waals surface area (Å²) in [5, 5.41) is 0.305. The van der Waals surface area contributed by atoms with Crippen LogP contribution in [0.3, 0.4) is 0 Å². The summed E-state index contributed by atoms with van der Waals surface area (Å²) in [5.41, 5.74) is 4.04. The van der Waals surface area contributed by atoms with Crippen LogP contribution in [0, 0.1) is 17.0 Å². The molecule has 1 heterocycles. The molecular formula is C25H20Cl2F2N4O3S. The largest absolute Gasteiger partial charge is 0.369 e. The van der Waals surface area contributed by atoms with Gasteiger partial charge >= 0.3 is 0 Å². The average Bonchev–Trinajstić information content (AvgIpc) is 2.82. The normalized spacial score (nSPS) is 12.1. The van der Waals surface area contributed by atoms with Crippen molar-refractivity contribution in [2.45, 2.75) is 25.2 Å². The number of rotatable bonds is 7. The SMILES string of the molecule is CC(C)(Cc1ncc2c(-c3c(F)ccc(NS(=O)(=O)c4cc(Cl)ccc4Cl)c3F)cccc2n1)C(N)=O. The molecule has 12 heteroatoms. The maximum atomic E-state index is 15.6. The molecule has 0 aliphatic carbocycles. The summed E-state index contributed by atoms with van der Waals surface area (Å²) in [6, 6.07) is 10.4. The number of benzene rings is 3. The summed E-state index contributed by atoms with van der Waals surface area (Å²) >= 11 is 11.9. The second-order valence-corrected chi connectivity index (χ2v) is 11.4. The summed E-state index contributed by atoms with van der Waals surface area (Å²) in [6.45, 7) is 3.32. The van der Waals surface area contributed by atoms with Crippen molar-refractivity contribution in [1.29, 1.82) is 0 Å². The second kappa shape index (κ2) is 9.85. The number of hydrogen-bond donors (Lipinski definition) is 2. The molecule has 4 aromatic rings. The quantitative estimate of drug-likeness (QED) is 0.297. The second-order valence-electron chi connectivity index (χ2n) is 8.91. The number of carbonyl (C=O) groups excluding carboxylic acids is 1. The number of amides is 1. The lowest BCUT2D eigenvalue weighted by Gasteiger charge is -2.19. The lowest BCUT2D eigenvalue weighted by molar-refractivity contribution is -0.126. The Balaban J connectivity index is 1.79. The first-order chi connectivity index (χ1) is 17.3. The molecule has 0 saturated heterocycles.